The zero-order valence-corrected chi connectivity index (χ0v) is 21.8. The van der Waals surface area contributed by atoms with Crippen LogP contribution in [0.15, 0.2) is 84.9 Å². The van der Waals surface area contributed by atoms with Crippen LogP contribution in [0, 0.1) is 5.92 Å². The van der Waals surface area contributed by atoms with Crippen molar-refractivity contribution >= 4 is 36.1 Å². The summed E-state index contributed by atoms with van der Waals surface area (Å²) in [5.41, 5.74) is 1.71. The third-order valence-electron chi connectivity index (χ3n) is 6.09. The number of rotatable bonds is 9. The quantitative estimate of drug-likeness (QED) is 0.338. The molecule has 0 heterocycles. The van der Waals surface area contributed by atoms with Crippen LogP contribution < -0.4 is 15.7 Å². The maximum Gasteiger partial charge on any atom is 0.261 e. The maximum atomic E-state index is 12.1. The summed E-state index contributed by atoms with van der Waals surface area (Å²) in [7, 11) is -2.61. The Labute approximate surface area is 204 Å². The van der Waals surface area contributed by atoms with E-state index in [-0.39, 0.29) is 29.1 Å². The lowest BCUT2D eigenvalue weighted by Crippen LogP contribution is -2.66. The average Bonchev–Trinajstić information content (AvgIpc) is 2.81. The van der Waals surface area contributed by atoms with Crippen LogP contribution in [0.4, 0.5) is 5.69 Å². The molecule has 0 unspecified atom stereocenters. The van der Waals surface area contributed by atoms with Gasteiger partial charge in [0.15, 0.2) is 0 Å². The van der Waals surface area contributed by atoms with Crippen molar-refractivity contribution in [1.82, 2.24) is 0 Å². The number of ketones is 1. The summed E-state index contributed by atoms with van der Waals surface area (Å²) in [6.45, 7) is 10.8. The molecule has 0 bridgehead atoms. The molecule has 5 heteroatoms. The van der Waals surface area contributed by atoms with E-state index in [1.807, 2.05) is 36.4 Å². The highest BCUT2D eigenvalue weighted by atomic mass is 28.4. The van der Waals surface area contributed by atoms with Crippen LogP contribution in [-0.2, 0) is 20.6 Å². The highest BCUT2D eigenvalue weighted by Crippen LogP contribution is 2.37. The lowest BCUT2D eigenvalue weighted by Gasteiger charge is -2.43. The monoisotopic (exact) mass is 473 g/mol. The van der Waals surface area contributed by atoms with Crippen LogP contribution in [-0.4, -0.2) is 20.0 Å². The first-order chi connectivity index (χ1) is 16.1. The van der Waals surface area contributed by atoms with Gasteiger partial charge in [0.25, 0.3) is 8.32 Å². The van der Waals surface area contributed by atoms with Crippen molar-refractivity contribution in [3.8, 4) is 0 Å². The minimum absolute atomic E-state index is 0.0622. The molecular weight excluding hydrogens is 438 g/mol. The van der Waals surface area contributed by atoms with E-state index in [4.69, 9.17) is 4.43 Å². The summed E-state index contributed by atoms with van der Waals surface area (Å²) in [6.07, 6.45) is -0.101. The van der Waals surface area contributed by atoms with Crippen LogP contribution in [0.2, 0.25) is 5.04 Å². The van der Waals surface area contributed by atoms with Gasteiger partial charge < -0.3 is 9.74 Å². The number of anilines is 1. The molecule has 3 rings (SSSR count). The molecule has 1 amide bonds. The van der Waals surface area contributed by atoms with E-state index in [1.165, 1.54) is 10.4 Å². The van der Waals surface area contributed by atoms with Gasteiger partial charge in [-0.3, -0.25) is 9.59 Å². The molecule has 0 radical (unpaired) electrons. The summed E-state index contributed by atoms with van der Waals surface area (Å²) in [4.78, 5) is 24.0. The van der Waals surface area contributed by atoms with Crippen molar-refractivity contribution in [2.45, 2.75) is 52.7 Å². The second-order valence-corrected chi connectivity index (χ2v) is 14.3. The largest absolute Gasteiger partial charge is 0.403 e. The third kappa shape index (κ3) is 5.90. The van der Waals surface area contributed by atoms with Crippen LogP contribution >= 0.6 is 0 Å². The van der Waals surface area contributed by atoms with Gasteiger partial charge in [-0.15, -0.1) is 0 Å². The Morgan fingerprint density at radius 3 is 1.76 bits per heavy atom. The molecular formula is C29H35NO3Si. The van der Waals surface area contributed by atoms with E-state index >= 15 is 0 Å². The van der Waals surface area contributed by atoms with Crippen molar-refractivity contribution < 1.29 is 14.0 Å². The van der Waals surface area contributed by atoms with E-state index < -0.39 is 8.32 Å². The minimum atomic E-state index is -2.61. The fourth-order valence-corrected chi connectivity index (χ4v) is 8.74. The molecule has 178 valence electrons. The van der Waals surface area contributed by atoms with Crippen molar-refractivity contribution in [1.29, 1.82) is 0 Å². The molecule has 34 heavy (non-hydrogen) atoms. The minimum Gasteiger partial charge on any atom is -0.403 e. The van der Waals surface area contributed by atoms with Gasteiger partial charge in [0, 0.05) is 11.6 Å². The summed E-state index contributed by atoms with van der Waals surface area (Å²) in [5.74, 6) is -0.491. The Bertz CT molecular complexity index is 1050. The summed E-state index contributed by atoms with van der Waals surface area (Å²) < 4.78 is 6.96. The zero-order chi connectivity index (χ0) is 24.8. The lowest BCUT2D eigenvalue weighted by molar-refractivity contribution is -0.127. The number of nitrogens with one attached hydrogen (secondary N) is 1. The van der Waals surface area contributed by atoms with Crippen molar-refractivity contribution in [3.63, 3.8) is 0 Å². The molecule has 0 aliphatic rings. The van der Waals surface area contributed by atoms with E-state index in [9.17, 15) is 9.59 Å². The molecule has 0 fully saturated rings. The van der Waals surface area contributed by atoms with Crippen LogP contribution in [0.1, 0.15) is 46.6 Å². The topological polar surface area (TPSA) is 55.4 Å². The molecule has 0 aromatic heterocycles. The van der Waals surface area contributed by atoms with E-state index in [0.29, 0.717) is 12.3 Å². The fraction of sp³-hybridized carbons (Fsp3) is 0.310. The predicted octanol–water partition coefficient (Wildman–Crippen LogP) is 5.32. The molecule has 3 aromatic rings. The van der Waals surface area contributed by atoms with Gasteiger partial charge in [0.1, 0.15) is 5.78 Å². The van der Waals surface area contributed by atoms with Crippen LogP contribution in [0.5, 0.6) is 0 Å². The molecule has 1 N–H and O–H groups in total. The standard InChI is InChI=1S/C29H35NO3Si/c1-22(2)27(31)20-28(32)30-24-18-16-23(17-19-24)21-33-34(29(3,4)5,25-12-8-6-9-13-25)26-14-10-7-11-15-26/h6-19,22H,20-21H2,1-5H3,(H,30,32). The number of hydrogen-bond acceptors (Lipinski definition) is 3. The number of hydrogen-bond donors (Lipinski definition) is 1. The van der Waals surface area contributed by atoms with Gasteiger partial charge in [-0.05, 0) is 33.1 Å². The normalized spacial score (nSPS) is 11.9. The molecule has 0 saturated carbocycles. The van der Waals surface area contributed by atoms with Crippen LogP contribution in [0.3, 0.4) is 0 Å². The Kier molecular flexibility index (Phi) is 8.23. The first kappa shape index (κ1) is 25.6. The van der Waals surface area contributed by atoms with Crippen molar-refractivity contribution in [2.24, 2.45) is 5.92 Å². The molecule has 3 aromatic carbocycles. The number of carbonyl (C=O) groups is 2. The van der Waals surface area contributed by atoms with Gasteiger partial charge in [-0.25, -0.2) is 0 Å². The molecule has 4 nitrogen and oxygen atoms in total. The third-order valence-corrected chi connectivity index (χ3v) is 11.1. The Morgan fingerprint density at radius 2 is 1.32 bits per heavy atom. The zero-order valence-electron chi connectivity index (χ0n) is 20.8. The summed E-state index contributed by atoms with van der Waals surface area (Å²) in [6, 6.07) is 28.8. The van der Waals surface area contributed by atoms with Gasteiger partial charge in [-0.2, -0.15) is 0 Å². The van der Waals surface area contributed by atoms with E-state index in [0.717, 1.165) is 5.56 Å². The summed E-state index contributed by atoms with van der Waals surface area (Å²) in [5, 5.41) is 5.21. The second kappa shape index (κ2) is 10.9. The lowest BCUT2D eigenvalue weighted by atomic mass is 10.1. The second-order valence-electron chi connectivity index (χ2n) is 9.99. The van der Waals surface area contributed by atoms with Gasteiger partial charge in [0.05, 0.1) is 13.0 Å². The molecule has 0 saturated heterocycles. The Morgan fingerprint density at radius 1 is 0.824 bits per heavy atom. The number of carbonyl (C=O) groups excluding carboxylic acids is 2. The van der Waals surface area contributed by atoms with Gasteiger partial charge >= 0.3 is 0 Å². The molecule has 0 aliphatic heterocycles. The predicted molar refractivity (Wildman–Crippen MR) is 142 cm³/mol. The number of benzene rings is 3. The highest BCUT2D eigenvalue weighted by molar-refractivity contribution is 6.99. The smallest absolute Gasteiger partial charge is 0.261 e. The highest BCUT2D eigenvalue weighted by Gasteiger charge is 2.50. The number of Topliss-reactive ketones (excluding diaryl/α,β-unsaturated/α-hetero) is 1. The maximum absolute atomic E-state index is 12.1. The fourth-order valence-electron chi connectivity index (χ4n) is 4.21. The van der Waals surface area contributed by atoms with Crippen LogP contribution in [0.25, 0.3) is 0 Å². The average molecular weight is 474 g/mol. The van der Waals surface area contributed by atoms with Gasteiger partial charge in [0.2, 0.25) is 5.91 Å². The molecule has 0 aliphatic carbocycles. The number of amides is 1. The first-order valence-corrected chi connectivity index (χ1v) is 13.7. The van der Waals surface area contributed by atoms with E-state index in [1.54, 1.807) is 13.8 Å². The molecule has 0 spiro atoms. The van der Waals surface area contributed by atoms with Gasteiger partial charge in [-0.1, -0.05) is 107 Å². The Balaban J connectivity index is 1.82. The SMILES string of the molecule is CC(C)C(=O)CC(=O)Nc1ccc(CO[Si](c2ccccc2)(c2ccccc2)C(C)(C)C)cc1. The first-order valence-electron chi connectivity index (χ1n) is 11.8. The van der Waals surface area contributed by atoms with Crippen molar-refractivity contribution in [3.05, 3.63) is 90.5 Å². The van der Waals surface area contributed by atoms with Crippen molar-refractivity contribution in [2.75, 3.05) is 5.32 Å². The summed E-state index contributed by atoms with van der Waals surface area (Å²) >= 11 is 0. The molecule has 0 atom stereocenters. The van der Waals surface area contributed by atoms with E-state index in [2.05, 4.69) is 74.6 Å². The Hall–Kier alpha value is -3.02.